The minimum absolute atomic E-state index is 0.105. The Labute approximate surface area is 204 Å². The van der Waals surface area contributed by atoms with E-state index in [2.05, 4.69) is 30.5 Å². The highest BCUT2D eigenvalue weighted by Gasteiger charge is 2.40. The summed E-state index contributed by atoms with van der Waals surface area (Å²) in [5.74, 6) is 0.700. The van der Waals surface area contributed by atoms with Crippen LogP contribution in [0.4, 0.5) is 5.95 Å². The number of nitrogen functional groups attached to an aromatic ring is 1. The molecule has 5 aromatic heterocycles. The molecule has 1 atom stereocenters. The first kappa shape index (κ1) is 21.5. The van der Waals surface area contributed by atoms with Gasteiger partial charge in [-0.1, -0.05) is 36.4 Å². The molecular formula is C25H21N9O2. The van der Waals surface area contributed by atoms with E-state index in [4.69, 9.17) is 10.2 Å². The Morgan fingerprint density at radius 3 is 2.64 bits per heavy atom. The summed E-state index contributed by atoms with van der Waals surface area (Å²) in [5.41, 5.74) is 7.36. The van der Waals surface area contributed by atoms with Crippen LogP contribution in [0.3, 0.4) is 0 Å². The minimum Gasteiger partial charge on any atom is -0.461 e. The van der Waals surface area contributed by atoms with E-state index in [0.717, 1.165) is 11.3 Å². The summed E-state index contributed by atoms with van der Waals surface area (Å²) in [6.45, 7) is 2.06. The number of nitrogens with zero attached hydrogens (tertiary/aromatic N) is 7. The fourth-order valence-corrected chi connectivity index (χ4v) is 4.20. The summed E-state index contributed by atoms with van der Waals surface area (Å²) in [4.78, 5) is 27.3. The van der Waals surface area contributed by atoms with Crippen LogP contribution in [0.25, 0.3) is 28.3 Å². The average molecular weight is 480 g/mol. The van der Waals surface area contributed by atoms with Crippen molar-refractivity contribution in [2.75, 3.05) is 5.73 Å². The van der Waals surface area contributed by atoms with Gasteiger partial charge in [0.05, 0.1) is 30.1 Å². The summed E-state index contributed by atoms with van der Waals surface area (Å²) in [7, 11) is 0. The Morgan fingerprint density at radius 2 is 1.89 bits per heavy atom. The third-order valence-electron chi connectivity index (χ3n) is 6.13. The van der Waals surface area contributed by atoms with E-state index in [1.807, 2.05) is 48.5 Å². The number of anilines is 1. The van der Waals surface area contributed by atoms with Gasteiger partial charge in [-0.3, -0.25) is 9.78 Å². The van der Waals surface area contributed by atoms with E-state index in [-0.39, 0.29) is 18.4 Å². The zero-order valence-corrected chi connectivity index (χ0v) is 19.2. The number of aromatic nitrogens is 7. The number of carbonyl (C=O) groups is 1. The number of rotatable bonds is 6. The summed E-state index contributed by atoms with van der Waals surface area (Å²) >= 11 is 0. The molecule has 1 aromatic carbocycles. The van der Waals surface area contributed by atoms with Crippen molar-refractivity contribution >= 4 is 28.5 Å². The highest BCUT2D eigenvalue weighted by Crippen LogP contribution is 2.31. The molecule has 0 bridgehead atoms. The Balaban J connectivity index is 1.49. The van der Waals surface area contributed by atoms with Gasteiger partial charge in [0.15, 0.2) is 22.6 Å². The Bertz CT molecular complexity index is 1680. The van der Waals surface area contributed by atoms with Gasteiger partial charge < -0.3 is 15.5 Å². The predicted molar refractivity (Wildman–Crippen MR) is 131 cm³/mol. The van der Waals surface area contributed by atoms with Crippen LogP contribution >= 0.6 is 0 Å². The van der Waals surface area contributed by atoms with Gasteiger partial charge in [-0.05, 0) is 36.8 Å². The maximum absolute atomic E-state index is 13.8. The van der Waals surface area contributed by atoms with Crippen molar-refractivity contribution in [3.05, 3.63) is 90.6 Å². The lowest BCUT2D eigenvalue weighted by Crippen LogP contribution is -2.48. The number of pyridine rings is 1. The number of nitrogens with two attached hydrogens (primary N) is 1. The van der Waals surface area contributed by atoms with Crippen molar-refractivity contribution in [3.8, 4) is 11.6 Å². The number of fused-ring (bicyclic) bond motifs is 3. The maximum atomic E-state index is 13.8. The highest BCUT2D eigenvalue weighted by atomic mass is 16.3. The zero-order chi connectivity index (χ0) is 24.7. The molecule has 6 rings (SSSR count). The van der Waals surface area contributed by atoms with Crippen molar-refractivity contribution < 1.29 is 9.21 Å². The standard InChI is InChI=1S/C25H21N9O2/c1-25(16-8-3-2-4-9-16,23(35)28-14-17-10-5-6-12-27-17)34-22-18(15-29-34)21-30-20(19-11-7-13-36-19)32-33(21)24(26)31-22/h2-13,15H,14H2,1H3,(H2,26,31)(H,28,35)/t25-/m1/s1. The molecule has 0 saturated carbocycles. The van der Waals surface area contributed by atoms with Gasteiger partial charge >= 0.3 is 0 Å². The van der Waals surface area contributed by atoms with E-state index in [9.17, 15) is 4.79 Å². The van der Waals surface area contributed by atoms with Crippen LogP contribution in [0.1, 0.15) is 18.2 Å². The molecule has 5 heterocycles. The molecule has 0 aliphatic rings. The van der Waals surface area contributed by atoms with Gasteiger partial charge in [0, 0.05) is 6.20 Å². The number of nitrogens with one attached hydrogen (secondary N) is 1. The number of hydrogen-bond acceptors (Lipinski definition) is 8. The first-order chi connectivity index (χ1) is 17.6. The van der Waals surface area contributed by atoms with Crippen molar-refractivity contribution in [3.63, 3.8) is 0 Å². The van der Waals surface area contributed by atoms with Crippen molar-refractivity contribution in [2.24, 2.45) is 0 Å². The van der Waals surface area contributed by atoms with Crippen LogP contribution in [-0.2, 0) is 16.9 Å². The first-order valence-electron chi connectivity index (χ1n) is 11.2. The van der Waals surface area contributed by atoms with Crippen LogP contribution < -0.4 is 11.1 Å². The van der Waals surface area contributed by atoms with E-state index in [1.54, 1.807) is 42.4 Å². The summed E-state index contributed by atoms with van der Waals surface area (Å²) in [6, 6.07) is 18.5. The monoisotopic (exact) mass is 479 g/mol. The molecule has 0 unspecified atom stereocenters. The van der Waals surface area contributed by atoms with Gasteiger partial charge in [-0.2, -0.15) is 14.6 Å². The molecule has 3 N–H and O–H groups in total. The second kappa shape index (κ2) is 8.31. The molecule has 178 valence electrons. The van der Waals surface area contributed by atoms with Crippen LogP contribution in [0, 0.1) is 0 Å². The van der Waals surface area contributed by atoms with E-state index >= 15 is 0 Å². The van der Waals surface area contributed by atoms with Gasteiger partial charge in [0.25, 0.3) is 5.91 Å². The molecule has 0 spiro atoms. The van der Waals surface area contributed by atoms with Crippen LogP contribution in [-0.4, -0.2) is 40.3 Å². The molecule has 6 aromatic rings. The normalized spacial score (nSPS) is 13.1. The van der Waals surface area contributed by atoms with Crippen molar-refractivity contribution in [2.45, 2.75) is 19.0 Å². The molecule has 11 heteroatoms. The topological polar surface area (TPSA) is 142 Å². The zero-order valence-electron chi connectivity index (χ0n) is 19.2. The SMILES string of the molecule is C[C@](C(=O)NCc1ccccn1)(c1ccccc1)n1ncc2c1nc(N)n1nc(-c3ccco3)nc21. The number of hydrogen-bond donors (Lipinski definition) is 2. The second-order valence-electron chi connectivity index (χ2n) is 8.35. The predicted octanol–water partition coefficient (Wildman–Crippen LogP) is 2.79. The first-order valence-corrected chi connectivity index (χ1v) is 11.2. The fraction of sp³-hybridized carbons (Fsp3) is 0.120. The summed E-state index contributed by atoms with van der Waals surface area (Å²) in [6.07, 6.45) is 4.85. The van der Waals surface area contributed by atoms with Gasteiger partial charge in [-0.15, -0.1) is 5.10 Å². The van der Waals surface area contributed by atoms with E-state index in [1.165, 1.54) is 4.52 Å². The van der Waals surface area contributed by atoms with Crippen molar-refractivity contribution in [1.29, 1.82) is 0 Å². The lowest BCUT2D eigenvalue weighted by Gasteiger charge is -2.29. The van der Waals surface area contributed by atoms with Gasteiger partial charge in [0.2, 0.25) is 11.8 Å². The van der Waals surface area contributed by atoms with Crippen LogP contribution in [0.5, 0.6) is 0 Å². The average Bonchev–Trinajstić information content (AvgIpc) is 3.67. The molecule has 0 saturated heterocycles. The largest absolute Gasteiger partial charge is 0.461 e. The summed E-state index contributed by atoms with van der Waals surface area (Å²) < 4.78 is 8.44. The van der Waals surface area contributed by atoms with E-state index < -0.39 is 5.54 Å². The number of amides is 1. The van der Waals surface area contributed by atoms with Crippen LogP contribution in [0.2, 0.25) is 0 Å². The summed E-state index contributed by atoms with van der Waals surface area (Å²) in [5, 5.41) is 12.6. The maximum Gasteiger partial charge on any atom is 0.252 e. The number of benzene rings is 1. The minimum atomic E-state index is -1.25. The number of furan rings is 1. The lowest BCUT2D eigenvalue weighted by molar-refractivity contribution is -0.127. The molecule has 0 radical (unpaired) electrons. The Kier molecular flexibility index (Phi) is 4.95. The highest BCUT2D eigenvalue weighted by molar-refractivity contribution is 5.94. The van der Waals surface area contributed by atoms with Crippen molar-refractivity contribution in [1.82, 2.24) is 39.7 Å². The van der Waals surface area contributed by atoms with Gasteiger partial charge in [0.1, 0.15) is 0 Å². The molecule has 36 heavy (non-hydrogen) atoms. The molecule has 0 aliphatic heterocycles. The Hall–Kier alpha value is -5.06. The van der Waals surface area contributed by atoms with Gasteiger partial charge in [-0.25, -0.2) is 9.67 Å². The number of carbonyl (C=O) groups excluding carboxylic acids is 1. The molecule has 1 amide bonds. The molecule has 11 nitrogen and oxygen atoms in total. The third kappa shape index (κ3) is 3.36. The Morgan fingerprint density at radius 1 is 1.06 bits per heavy atom. The third-order valence-corrected chi connectivity index (χ3v) is 6.13. The molecular weight excluding hydrogens is 458 g/mol. The molecule has 0 aliphatic carbocycles. The smallest absolute Gasteiger partial charge is 0.252 e. The molecule has 0 fully saturated rings. The lowest BCUT2D eigenvalue weighted by atomic mass is 9.91. The quantitative estimate of drug-likeness (QED) is 0.371. The second-order valence-corrected chi connectivity index (χ2v) is 8.35. The van der Waals surface area contributed by atoms with Crippen LogP contribution in [0.15, 0.2) is 83.7 Å². The van der Waals surface area contributed by atoms with E-state index in [0.29, 0.717) is 28.3 Å². The fourth-order valence-electron chi connectivity index (χ4n) is 4.20.